The van der Waals surface area contributed by atoms with E-state index in [4.69, 9.17) is 15.2 Å². The minimum absolute atomic E-state index is 0.494. The van der Waals surface area contributed by atoms with Crippen LogP contribution in [0.25, 0.3) is 0 Å². The number of hydrogen-bond donors (Lipinski definition) is 2. The highest BCUT2D eigenvalue weighted by atomic mass is 79.9. The van der Waals surface area contributed by atoms with Gasteiger partial charge in [-0.25, -0.2) is 4.98 Å². The zero-order valence-electron chi connectivity index (χ0n) is 18.9. The van der Waals surface area contributed by atoms with Gasteiger partial charge in [0.2, 0.25) is 5.88 Å². The average molecular weight is 486 g/mol. The number of pyridine rings is 1. The number of nitrogens with one attached hydrogen (secondary N) is 1. The van der Waals surface area contributed by atoms with Crippen LogP contribution >= 0.6 is 15.9 Å². The van der Waals surface area contributed by atoms with Crippen molar-refractivity contribution in [2.75, 3.05) is 24.7 Å². The highest BCUT2D eigenvalue weighted by Gasteiger charge is 2.16. The van der Waals surface area contributed by atoms with E-state index in [9.17, 15) is 0 Å². The van der Waals surface area contributed by atoms with Gasteiger partial charge in [0.15, 0.2) is 0 Å². The molecular weight excluding hydrogens is 454 g/mol. The third-order valence-corrected chi connectivity index (χ3v) is 5.42. The minimum atomic E-state index is 0.494. The van der Waals surface area contributed by atoms with E-state index in [0.717, 1.165) is 18.7 Å². The van der Waals surface area contributed by atoms with Gasteiger partial charge < -0.3 is 20.5 Å². The summed E-state index contributed by atoms with van der Waals surface area (Å²) in [6.45, 7) is 9.44. The Labute approximate surface area is 194 Å². The summed E-state index contributed by atoms with van der Waals surface area (Å²) < 4.78 is 11.8. The second-order valence-electron chi connectivity index (χ2n) is 7.44. The fourth-order valence-electron chi connectivity index (χ4n) is 2.77. The number of halogens is 1. The van der Waals surface area contributed by atoms with Crippen molar-refractivity contribution in [3.8, 4) is 17.4 Å². The molecule has 0 saturated heterocycles. The van der Waals surface area contributed by atoms with Crippen molar-refractivity contribution in [3.05, 3.63) is 70.3 Å². The molecule has 0 aliphatic carbocycles. The highest BCUT2D eigenvalue weighted by molar-refractivity contribution is 9.10. The average Bonchev–Trinajstić information content (AvgIpc) is 2.77. The summed E-state index contributed by atoms with van der Waals surface area (Å²) in [5.41, 5.74) is 10.2. The zero-order valence-corrected chi connectivity index (χ0v) is 20.5. The lowest BCUT2D eigenvalue weighted by molar-refractivity contribution is 0.408. The number of nitrogens with two attached hydrogens (primary N) is 1. The molecule has 0 amide bonds. The van der Waals surface area contributed by atoms with Crippen molar-refractivity contribution in [1.82, 2.24) is 4.98 Å². The van der Waals surface area contributed by atoms with E-state index >= 15 is 0 Å². The van der Waals surface area contributed by atoms with Crippen LogP contribution in [0.3, 0.4) is 0 Å². The Kier molecular flexibility index (Phi) is 9.66. The first kappa shape index (κ1) is 24.5. The summed E-state index contributed by atoms with van der Waals surface area (Å²) in [5.74, 6) is 2.34. The fourth-order valence-corrected chi connectivity index (χ4v) is 3.16. The molecule has 5 nitrogen and oxygen atoms in total. The molecule has 0 aliphatic rings. The van der Waals surface area contributed by atoms with E-state index in [1.54, 1.807) is 25.4 Å². The Morgan fingerprint density at radius 1 is 1.10 bits per heavy atom. The van der Waals surface area contributed by atoms with Crippen molar-refractivity contribution in [3.63, 3.8) is 0 Å². The molecule has 1 heterocycles. The first-order chi connectivity index (χ1) is 14.9. The fraction of sp³-hybridized carbons (Fsp3) is 0.320. The molecule has 31 heavy (non-hydrogen) atoms. The molecule has 0 atom stereocenters. The summed E-state index contributed by atoms with van der Waals surface area (Å²) in [4.78, 5) is 4.13. The van der Waals surface area contributed by atoms with Crippen LogP contribution in [0.2, 0.25) is 0 Å². The predicted molar refractivity (Wildman–Crippen MR) is 133 cm³/mol. The summed E-state index contributed by atoms with van der Waals surface area (Å²) in [5, 5.41) is 3.26. The third-order valence-electron chi connectivity index (χ3n) is 4.60. The molecule has 2 aromatic carbocycles. The quantitative estimate of drug-likeness (QED) is 0.347. The number of aromatic nitrogens is 1. The molecule has 0 aliphatic heterocycles. The van der Waals surface area contributed by atoms with Crippen molar-refractivity contribution in [2.45, 2.75) is 40.0 Å². The Morgan fingerprint density at radius 3 is 2.35 bits per heavy atom. The molecule has 3 aromatic rings. The van der Waals surface area contributed by atoms with Crippen LogP contribution in [0.15, 0.2) is 59.2 Å². The van der Waals surface area contributed by atoms with Gasteiger partial charge in [0, 0.05) is 24.9 Å². The molecule has 0 bridgehead atoms. The second-order valence-corrected chi connectivity index (χ2v) is 8.23. The van der Waals surface area contributed by atoms with Gasteiger partial charge in [-0.3, -0.25) is 0 Å². The van der Waals surface area contributed by atoms with E-state index in [1.807, 2.05) is 12.1 Å². The Bertz CT molecular complexity index is 945. The van der Waals surface area contributed by atoms with Crippen LogP contribution in [0, 0.1) is 6.92 Å². The minimum Gasteiger partial charge on any atom is -0.494 e. The number of nitrogen functional groups attached to an aromatic ring is 1. The van der Waals surface area contributed by atoms with Gasteiger partial charge >= 0.3 is 0 Å². The van der Waals surface area contributed by atoms with Gasteiger partial charge in [-0.15, -0.1) is 0 Å². The number of nitrogens with zero attached hydrogens (tertiary/aromatic N) is 1. The largest absolute Gasteiger partial charge is 0.494 e. The van der Waals surface area contributed by atoms with Crippen molar-refractivity contribution >= 4 is 27.3 Å². The van der Waals surface area contributed by atoms with E-state index < -0.39 is 0 Å². The van der Waals surface area contributed by atoms with E-state index in [2.05, 4.69) is 78.2 Å². The maximum atomic E-state index is 6.16. The van der Waals surface area contributed by atoms with E-state index in [-0.39, 0.29) is 0 Å². The molecule has 0 radical (unpaired) electrons. The number of benzene rings is 2. The molecule has 0 unspecified atom stereocenters. The first-order valence-corrected chi connectivity index (χ1v) is 11.2. The molecule has 3 N–H and O–H groups in total. The zero-order chi connectivity index (χ0) is 22.8. The molecule has 166 valence electrons. The van der Waals surface area contributed by atoms with Gasteiger partial charge in [0.05, 0.1) is 17.3 Å². The van der Waals surface area contributed by atoms with Gasteiger partial charge in [-0.1, -0.05) is 56.7 Å². The third kappa shape index (κ3) is 7.17. The van der Waals surface area contributed by atoms with Crippen LogP contribution in [0.4, 0.5) is 11.4 Å². The lowest BCUT2D eigenvalue weighted by atomic mass is 10.0. The highest BCUT2D eigenvalue weighted by Crippen LogP contribution is 2.44. The van der Waals surface area contributed by atoms with E-state index in [1.165, 1.54) is 11.1 Å². The van der Waals surface area contributed by atoms with Crippen LogP contribution in [-0.2, 0) is 0 Å². The molecule has 3 rings (SSSR count). The number of rotatable bonds is 7. The number of ether oxygens (including phenoxy) is 2. The van der Waals surface area contributed by atoms with Gasteiger partial charge in [0.25, 0.3) is 0 Å². The molecule has 0 spiro atoms. The Hall–Kier alpha value is -2.73. The van der Waals surface area contributed by atoms with Crippen molar-refractivity contribution in [2.24, 2.45) is 0 Å². The van der Waals surface area contributed by atoms with Gasteiger partial charge in [-0.05, 0) is 46.8 Å². The number of anilines is 2. The number of aryl methyl sites for hydroxylation is 1. The summed E-state index contributed by atoms with van der Waals surface area (Å²) >= 11 is 3.47. The second kappa shape index (κ2) is 12.2. The standard InChI is InChI=1S/C15H18BrN3O2.C10H14/c1-3-7-19-15-11(20-2)9-10(13(16)14(15)17)21-12-6-4-5-8-18-12;1-8(2)10-6-4-9(3)5-7-10/h4-6,8-9,19H,3,7,17H2,1-2H3;4-8H,1-3H3. The topological polar surface area (TPSA) is 69.4 Å². The molecular formula is C25H32BrN3O2. The van der Waals surface area contributed by atoms with Gasteiger partial charge in [-0.2, -0.15) is 0 Å². The van der Waals surface area contributed by atoms with Crippen LogP contribution in [0.1, 0.15) is 44.2 Å². The van der Waals surface area contributed by atoms with Crippen LogP contribution in [-0.4, -0.2) is 18.6 Å². The number of hydrogen-bond acceptors (Lipinski definition) is 5. The van der Waals surface area contributed by atoms with Crippen LogP contribution < -0.4 is 20.5 Å². The Morgan fingerprint density at radius 2 is 1.81 bits per heavy atom. The van der Waals surface area contributed by atoms with E-state index in [0.29, 0.717) is 33.5 Å². The molecule has 0 saturated carbocycles. The van der Waals surface area contributed by atoms with Gasteiger partial charge in [0.1, 0.15) is 17.2 Å². The predicted octanol–water partition coefficient (Wildman–Crippen LogP) is 7.17. The summed E-state index contributed by atoms with van der Waals surface area (Å²) in [6.07, 6.45) is 2.66. The van der Waals surface area contributed by atoms with Crippen molar-refractivity contribution in [1.29, 1.82) is 0 Å². The molecule has 6 heteroatoms. The summed E-state index contributed by atoms with van der Waals surface area (Å²) in [6, 6.07) is 16.0. The normalized spacial score (nSPS) is 10.3. The van der Waals surface area contributed by atoms with Crippen LogP contribution in [0.5, 0.6) is 17.4 Å². The SMILES string of the molecule is CCCNc1c(OC)cc(Oc2ccccn2)c(Br)c1N.Cc1ccc(C(C)C)cc1. The summed E-state index contributed by atoms with van der Waals surface area (Å²) in [7, 11) is 1.60. The maximum absolute atomic E-state index is 6.16. The smallest absolute Gasteiger partial charge is 0.219 e. The van der Waals surface area contributed by atoms with Crippen molar-refractivity contribution < 1.29 is 9.47 Å². The monoisotopic (exact) mass is 485 g/mol. The maximum Gasteiger partial charge on any atom is 0.219 e. The molecule has 0 fully saturated rings. The Balaban J connectivity index is 0.000000285. The number of methoxy groups -OCH3 is 1. The lowest BCUT2D eigenvalue weighted by Gasteiger charge is -2.17. The molecule has 1 aromatic heterocycles. The lowest BCUT2D eigenvalue weighted by Crippen LogP contribution is -2.06. The first-order valence-electron chi connectivity index (χ1n) is 10.4.